The molecular formula is C9H8F2O2. The molecule has 1 aromatic carbocycles. The van der Waals surface area contributed by atoms with E-state index >= 15 is 0 Å². The number of ketones is 1. The van der Waals surface area contributed by atoms with E-state index in [1.165, 1.54) is 18.2 Å². The quantitative estimate of drug-likeness (QED) is 0.718. The van der Waals surface area contributed by atoms with Crippen molar-refractivity contribution in [2.45, 2.75) is 13.3 Å². The van der Waals surface area contributed by atoms with Crippen LogP contribution in [0.5, 0.6) is 5.75 Å². The van der Waals surface area contributed by atoms with Crippen LogP contribution in [0.4, 0.5) is 8.78 Å². The van der Waals surface area contributed by atoms with E-state index in [0.29, 0.717) is 5.56 Å². The molecule has 1 N–H and O–H groups in total. The van der Waals surface area contributed by atoms with Gasteiger partial charge in [0.25, 0.3) is 0 Å². The van der Waals surface area contributed by atoms with Crippen LogP contribution in [0.15, 0.2) is 18.2 Å². The molecule has 2 nitrogen and oxygen atoms in total. The fraction of sp³-hybridized carbons (Fsp3) is 0.222. The standard InChI is InChI=1S/C9H8F2O2/c1-5-2-3-7(12)6(4-5)8(13)9(10)11/h2-4,9,12H,1H3. The van der Waals surface area contributed by atoms with Crippen molar-refractivity contribution in [3.8, 4) is 5.75 Å². The van der Waals surface area contributed by atoms with E-state index in [4.69, 9.17) is 5.11 Å². The Balaban J connectivity index is 3.13. The molecule has 0 unspecified atom stereocenters. The Morgan fingerprint density at radius 2 is 2.08 bits per heavy atom. The van der Waals surface area contributed by atoms with Gasteiger partial charge in [0.1, 0.15) is 5.75 Å². The number of carbonyl (C=O) groups excluding carboxylic acids is 1. The van der Waals surface area contributed by atoms with Crippen LogP contribution in [0.2, 0.25) is 0 Å². The Bertz CT molecular complexity index is 334. The summed E-state index contributed by atoms with van der Waals surface area (Å²) in [5, 5.41) is 9.10. The summed E-state index contributed by atoms with van der Waals surface area (Å²) in [7, 11) is 0. The highest BCUT2D eigenvalue weighted by atomic mass is 19.3. The molecular weight excluding hydrogens is 178 g/mol. The molecule has 0 saturated heterocycles. The Labute approximate surface area is 73.8 Å². The van der Waals surface area contributed by atoms with Crippen molar-refractivity contribution in [2.24, 2.45) is 0 Å². The van der Waals surface area contributed by atoms with E-state index in [1.807, 2.05) is 0 Å². The Kier molecular flexibility index (Phi) is 2.60. The number of Topliss-reactive ketones (excluding diaryl/α,β-unsaturated/α-hetero) is 1. The van der Waals surface area contributed by atoms with Gasteiger partial charge in [-0.2, -0.15) is 0 Å². The maximum atomic E-state index is 12.0. The third-order valence-corrected chi connectivity index (χ3v) is 1.62. The number of alkyl halides is 2. The Morgan fingerprint density at radius 3 is 2.62 bits per heavy atom. The van der Waals surface area contributed by atoms with E-state index in [-0.39, 0.29) is 5.56 Å². The molecule has 0 aliphatic rings. The van der Waals surface area contributed by atoms with E-state index in [1.54, 1.807) is 6.92 Å². The van der Waals surface area contributed by atoms with Crippen molar-refractivity contribution < 1.29 is 18.7 Å². The summed E-state index contributed by atoms with van der Waals surface area (Å²) in [5.41, 5.74) is 0.330. The largest absolute Gasteiger partial charge is 0.507 e. The van der Waals surface area contributed by atoms with Crippen LogP contribution in [0.25, 0.3) is 0 Å². The molecule has 0 saturated carbocycles. The fourth-order valence-electron chi connectivity index (χ4n) is 0.965. The van der Waals surface area contributed by atoms with Crippen LogP contribution >= 0.6 is 0 Å². The molecule has 0 aromatic heterocycles. The van der Waals surface area contributed by atoms with Gasteiger partial charge in [-0.05, 0) is 19.1 Å². The average Bonchev–Trinajstić information content (AvgIpc) is 2.08. The number of phenolic OH excluding ortho intramolecular Hbond substituents is 1. The predicted octanol–water partition coefficient (Wildman–Crippen LogP) is 2.15. The number of halogens is 2. The number of aryl methyl sites for hydroxylation is 1. The van der Waals surface area contributed by atoms with Gasteiger partial charge in [0.2, 0.25) is 5.78 Å². The predicted molar refractivity (Wildman–Crippen MR) is 43.2 cm³/mol. The molecule has 1 aromatic rings. The molecule has 0 atom stereocenters. The van der Waals surface area contributed by atoms with Crippen molar-refractivity contribution >= 4 is 5.78 Å². The van der Waals surface area contributed by atoms with Crippen molar-refractivity contribution in [2.75, 3.05) is 0 Å². The van der Waals surface area contributed by atoms with Crippen LogP contribution in [-0.2, 0) is 0 Å². The first-order valence-corrected chi connectivity index (χ1v) is 3.64. The maximum absolute atomic E-state index is 12.0. The van der Waals surface area contributed by atoms with Crippen LogP contribution < -0.4 is 0 Å². The van der Waals surface area contributed by atoms with Crippen LogP contribution in [0.1, 0.15) is 15.9 Å². The minimum atomic E-state index is -3.08. The van der Waals surface area contributed by atoms with Crippen molar-refractivity contribution in [3.05, 3.63) is 29.3 Å². The van der Waals surface area contributed by atoms with E-state index in [0.717, 1.165) is 0 Å². The average molecular weight is 186 g/mol. The van der Waals surface area contributed by atoms with Gasteiger partial charge < -0.3 is 5.11 Å². The molecule has 1 rings (SSSR count). The lowest BCUT2D eigenvalue weighted by molar-refractivity contribution is 0.0675. The first-order valence-electron chi connectivity index (χ1n) is 3.64. The number of carbonyl (C=O) groups is 1. The highest BCUT2D eigenvalue weighted by Crippen LogP contribution is 2.20. The van der Waals surface area contributed by atoms with Gasteiger partial charge in [-0.1, -0.05) is 11.6 Å². The van der Waals surface area contributed by atoms with Gasteiger partial charge in [0, 0.05) is 0 Å². The van der Waals surface area contributed by atoms with Gasteiger partial charge in [-0.25, -0.2) is 8.78 Å². The zero-order valence-electron chi connectivity index (χ0n) is 6.92. The summed E-state index contributed by atoms with van der Waals surface area (Å²) < 4.78 is 23.9. The van der Waals surface area contributed by atoms with Gasteiger partial charge in [0.05, 0.1) is 5.56 Å². The van der Waals surface area contributed by atoms with Crippen LogP contribution in [0.3, 0.4) is 0 Å². The van der Waals surface area contributed by atoms with E-state index in [2.05, 4.69) is 0 Å². The smallest absolute Gasteiger partial charge is 0.300 e. The van der Waals surface area contributed by atoms with Gasteiger partial charge >= 0.3 is 6.43 Å². The minimum absolute atomic E-state index is 0.324. The van der Waals surface area contributed by atoms with Crippen molar-refractivity contribution in [3.63, 3.8) is 0 Å². The number of rotatable bonds is 2. The molecule has 0 radical (unpaired) electrons. The topological polar surface area (TPSA) is 37.3 Å². The zero-order valence-corrected chi connectivity index (χ0v) is 6.92. The molecule has 0 heterocycles. The third-order valence-electron chi connectivity index (χ3n) is 1.62. The lowest BCUT2D eigenvalue weighted by Crippen LogP contribution is -2.10. The first kappa shape index (κ1) is 9.64. The normalized spacial score (nSPS) is 10.5. The molecule has 0 fully saturated rings. The second-order valence-corrected chi connectivity index (χ2v) is 2.69. The Hall–Kier alpha value is -1.45. The summed E-state index contributed by atoms with van der Waals surface area (Å²) >= 11 is 0. The SMILES string of the molecule is Cc1ccc(O)c(C(=O)C(F)F)c1. The molecule has 13 heavy (non-hydrogen) atoms. The van der Waals surface area contributed by atoms with Crippen molar-refractivity contribution in [1.29, 1.82) is 0 Å². The molecule has 0 amide bonds. The second kappa shape index (κ2) is 3.51. The number of aromatic hydroxyl groups is 1. The fourth-order valence-corrected chi connectivity index (χ4v) is 0.965. The Morgan fingerprint density at radius 1 is 1.46 bits per heavy atom. The van der Waals surface area contributed by atoms with E-state index < -0.39 is 18.0 Å². The molecule has 4 heteroatoms. The lowest BCUT2D eigenvalue weighted by Gasteiger charge is -2.03. The monoisotopic (exact) mass is 186 g/mol. The highest BCUT2D eigenvalue weighted by Gasteiger charge is 2.20. The molecule has 0 bridgehead atoms. The number of hydrogen-bond acceptors (Lipinski definition) is 2. The summed E-state index contributed by atoms with van der Waals surface area (Å²) in [4.78, 5) is 10.8. The van der Waals surface area contributed by atoms with Gasteiger partial charge in [-0.3, -0.25) is 4.79 Å². The number of hydrogen-bond donors (Lipinski definition) is 1. The summed E-state index contributed by atoms with van der Waals surface area (Å²) in [6.07, 6.45) is -3.08. The van der Waals surface area contributed by atoms with Gasteiger partial charge in [0.15, 0.2) is 0 Å². The first-order chi connectivity index (χ1) is 6.02. The summed E-state index contributed by atoms with van der Waals surface area (Å²) in [6.45, 7) is 1.65. The lowest BCUT2D eigenvalue weighted by atomic mass is 10.1. The van der Waals surface area contributed by atoms with Crippen LogP contribution in [0, 0.1) is 6.92 Å². The van der Waals surface area contributed by atoms with Crippen LogP contribution in [-0.4, -0.2) is 17.3 Å². The zero-order chi connectivity index (χ0) is 10.0. The number of phenols is 1. The molecule has 0 aliphatic carbocycles. The molecule has 0 aliphatic heterocycles. The molecule has 0 spiro atoms. The third kappa shape index (κ3) is 2.02. The van der Waals surface area contributed by atoms with Gasteiger partial charge in [-0.15, -0.1) is 0 Å². The number of benzene rings is 1. The second-order valence-electron chi connectivity index (χ2n) is 2.69. The highest BCUT2D eigenvalue weighted by molar-refractivity contribution is 6.00. The van der Waals surface area contributed by atoms with E-state index in [9.17, 15) is 13.6 Å². The summed E-state index contributed by atoms with van der Waals surface area (Å²) in [5.74, 6) is -1.75. The summed E-state index contributed by atoms with van der Waals surface area (Å²) in [6, 6.07) is 4.01. The van der Waals surface area contributed by atoms with Crippen molar-refractivity contribution in [1.82, 2.24) is 0 Å². The minimum Gasteiger partial charge on any atom is -0.507 e. The molecule has 70 valence electrons. The maximum Gasteiger partial charge on any atom is 0.300 e.